The molecule has 49 heavy (non-hydrogen) atoms. The van der Waals surface area contributed by atoms with Crippen LogP contribution >= 0.6 is 7.49 Å². The number of furan rings is 1. The Labute approximate surface area is 285 Å². The van der Waals surface area contributed by atoms with Gasteiger partial charge in [0, 0.05) is 10.8 Å². The van der Waals surface area contributed by atoms with Crippen molar-refractivity contribution in [3.05, 3.63) is 176 Å². The van der Waals surface area contributed by atoms with Crippen LogP contribution in [0.3, 0.4) is 0 Å². The van der Waals surface area contributed by atoms with Gasteiger partial charge in [0.1, 0.15) is 11.2 Å². The molecule has 0 saturated heterocycles. The Morgan fingerprint density at radius 1 is 0.347 bits per heavy atom. The van der Waals surface area contributed by atoms with Crippen LogP contribution in [0.5, 0.6) is 0 Å². The molecule has 1 aromatic heterocycles. The second-order valence-electron chi connectivity index (χ2n) is 13.0. The number of benzene rings is 8. The normalized spacial score (nSPS) is 12.5. The van der Waals surface area contributed by atoms with Crippen molar-refractivity contribution in [3.63, 3.8) is 0 Å². The molecule has 0 amide bonds. The summed E-state index contributed by atoms with van der Waals surface area (Å²) in [5.41, 5.74) is 11.4. The molecule has 1 heterocycles. The fraction of sp³-hybridized carbons (Fsp3) is 0. The first-order valence-corrected chi connectivity index (χ1v) is 18.7. The average Bonchev–Trinajstić information content (AvgIpc) is 3.71. The zero-order valence-corrected chi connectivity index (χ0v) is 27.6. The Bertz CT molecular complexity index is 2690. The molecule has 0 unspecified atom stereocenters. The fourth-order valence-corrected chi connectivity index (χ4v) is 11.0. The second-order valence-corrected chi connectivity index (χ2v) is 16.1. The molecule has 1 N–H and O–H groups in total. The summed E-state index contributed by atoms with van der Waals surface area (Å²) in [5, 5.41) is 7.80. The molecule has 0 aliphatic heterocycles. The maximum atomic E-state index is 12.6. The minimum atomic E-state index is -3.22. The van der Waals surface area contributed by atoms with Crippen molar-refractivity contribution in [1.29, 1.82) is 0 Å². The van der Waals surface area contributed by atoms with Gasteiger partial charge in [-0.3, -0.25) is 0 Å². The van der Waals surface area contributed by atoms with Crippen LogP contribution in [0.25, 0.3) is 77.2 Å². The van der Waals surface area contributed by atoms with E-state index in [0.29, 0.717) is 0 Å². The van der Waals surface area contributed by atoms with Crippen LogP contribution in [0.15, 0.2) is 180 Å². The fourth-order valence-electron chi connectivity index (χ4n) is 7.98. The van der Waals surface area contributed by atoms with Gasteiger partial charge in [0.2, 0.25) is 0 Å². The van der Waals surface area contributed by atoms with Crippen LogP contribution in [0, 0.1) is 0 Å². The van der Waals surface area contributed by atoms with Gasteiger partial charge < -0.3 is 4.42 Å². The van der Waals surface area contributed by atoms with E-state index in [1.54, 1.807) is 0 Å². The number of para-hydroxylation sites is 1. The van der Waals surface area contributed by atoms with Crippen LogP contribution in [-0.2, 0) is 0 Å². The first-order chi connectivity index (χ1) is 24.2. The van der Waals surface area contributed by atoms with Gasteiger partial charge in [0.25, 0.3) is 0 Å². The molecule has 0 saturated carbocycles. The van der Waals surface area contributed by atoms with Crippen LogP contribution in [0.4, 0.5) is 0 Å². The van der Waals surface area contributed by atoms with Gasteiger partial charge in [-0.05, 0) is 6.07 Å². The summed E-state index contributed by atoms with van der Waals surface area (Å²) >= 11 is 0. The Kier molecular flexibility index (Phi) is 6.26. The quantitative estimate of drug-likeness (QED) is 0.189. The topological polar surface area (TPSA) is 33.4 Å². The molecule has 0 atom stereocenters. The molecule has 0 bridgehead atoms. The van der Waals surface area contributed by atoms with E-state index >= 15 is 0 Å². The Balaban J connectivity index is 1.07. The second kappa shape index (κ2) is 10.9. The van der Waals surface area contributed by atoms with E-state index in [9.17, 15) is 4.89 Å². The minimum absolute atomic E-state index is 0.926. The van der Waals surface area contributed by atoms with Gasteiger partial charge in [-0.1, -0.05) is 24.3 Å². The summed E-state index contributed by atoms with van der Waals surface area (Å²) in [6.07, 6.45) is 0. The Morgan fingerprint density at radius 2 is 0.939 bits per heavy atom. The van der Waals surface area contributed by atoms with Gasteiger partial charge in [-0.15, -0.1) is 0 Å². The van der Waals surface area contributed by atoms with Gasteiger partial charge in [-0.2, -0.15) is 0 Å². The van der Waals surface area contributed by atoms with Gasteiger partial charge in [0.15, 0.2) is 0 Å². The molecule has 1 aliphatic carbocycles. The molecular formula is C46H31O2P. The van der Waals surface area contributed by atoms with E-state index in [2.05, 4.69) is 133 Å². The van der Waals surface area contributed by atoms with Crippen molar-refractivity contribution in [2.45, 2.75) is 0 Å². The van der Waals surface area contributed by atoms with Crippen LogP contribution in [-0.4, -0.2) is 4.89 Å². The zero-order chi connectivity index (χ0) is 32.5. The summed E-state index contributed by atoms with van der Waals surface area (Å²) in [4.78, 5) is 12.6. The molecule has 232 valence electrons. The molecule has 1 aliphatic rings. The number of hydrogen-bond acceptors (Lipinski definition) is 2. The summed E-state index contributed by atoms with van der Waals surface area (Å²) in [6, 6.07) is 61.6. The van der Waals surface area contributed by atoms with E-state index in [1.165, 1.54) is 44.0 Å². The molecule has 0 fully saturated rings. The van der Waals surface area contributed by atoms with Crippen LogP contribution in [0.1, 0.15) is 0 Å². The molecular weight excluding hydrogens is 615 g/mol. The van der Waals surface area contributed by atoms with Crippen molar-refractivity contribution >= 4 is 56.1 Å². The summed E-state index contributed by atoms with van der Waals surface area (Å²) < 4.78 is 6.36. The summed E-state index contributed by atoms with van der Waals surface area (Å²) in [7, 11) is -3.22. The van der Waals surface area contributed by atoms with Crippen LogP contribution < -0.4 is 15.9 Å². The van der Waals surface area contributed by atoms with Crippen molar-refractivity contribution in [3.8, 4) is 44.5 Å². The third-order valence-electron chi connectivity index (χ3n) is 10.3. The molecule has 0 spiro atoms. The molecule has 3 heteroatoms. The average molecular weight is 647 g/mol. The summed E-state index contributed by atoms with van der Waals surface area (Å²) in [5.74, 6) is 0. The van der Waals surface area contributed by atoms with Crippen molar-refractivity contribution in [1.82, 2.24) is 0 Å². The monoisotopic (exact) mass is 646 g/mol. The van der Waals surface area contributed by atoms with E-state index in [4.69, 9.17) is 4.42 Å². The molecule has 10 rings (SSSR count). The SMILES string of the molecule is O[PH](c1ccccc1)(c1ccccc1)c1cccc(-c2cccc(-c3ccc4c(c3)-c3cccc5c3c-4cc3oc4ccccc4c35)c2)c1. The number of fused-ring (bicyclic) bond motifs is 7. The van der Waals surface area contributed by atoms with Gasteiger partial charge in [0.05, 0.1) is 0 Å². The zero-order valence-electron chi connectivity index (χ0n) is 26.6. The van der Waals surface area contributed by atoms with Gasteiger partial charge in [-0.25, -0.2) is 0 Å². The predicted octanol–water partition coefficient (Wildman–Crippen LogP) is 10.7. The van der Waals surface area contributed by atoms with Crippen molar-refractivity contribution in [2.24, 2.45) is 0 Å². The van der Waals surface area contributed by atoms with E-state index in [1.807, 2.05) is 42.5 Å². The molecule has 2 nitrogen and oxygen atoms in total. The molecule has 8 aromatic carbocycles. The number of hydrogen-bond donors (Lipinski definition) is 1. The molecule has 0 radical (unpaired) electrons. The first-order valence-electron chi connectivity index (χ1n) is 16.7. The number of rotatable bonds is 5. The van der Waals surface area contributed by atoms with E-state index in [-0.39, 0.29) is 0 Å². The van der Waals surface area contributed by atoms with Crippen molar-refractivity contribution in [2.75, 3.05) is 0 Å². The third-order valence-corrected chi connectivity index (χ3v) is 13.8. The molecule has 9 aromatic rings. The third kappa shape index (κ3) is 4.28. The van der Waals surface area contributed by atoms with Gasteiger partial charge >= 0.3 is 229 Å². The maximum absolute atomic E-state index is 12.6. The predicted molar refractivity (Wildman–Crippen MR) is 209 cm³/mol. The van der Waals surface area contributed by atoms with E-state index < -0.39 is 7.49 Å². The Hall–Kier alpha value is -5.79. The summed E-state index contributed by atoms with van der Waals surface area (Å²) in [6.45, 7) is 0. The standard InChI is InChI=1S/C46H31O2P/c47-49(34-15-3-1-4-16-34,35-17-5-2-6-18-35)36-19-10-14-32(27-36)30-12-9-13-31(26-30)33-24-25-37-41(28-33)38-21-11-22-40-45(38)42(37)29-44-46(40)39-20-7-8-23-43(39)48-44/h1-29,47,49H. The van der Waals surface area contributed by atoms with Crippen molar-refractivity contribution < 1.29 is 9.31 Å². The van der Waals surface area contributed by atoms with Crippen LogP contribution in [0.2, 0.25) is 0 Å². The first kappa shape index (κ1) is 28.2. The van der Waals surface area contributed by atoms with E-state index in [0.717, 1.165) is 49.2 Å². The Morgan fingerprint density at radius 3 is 1.69 bits per heavy atom.